The molecule has 1 aromatic carbocycles. The van der Waals surface area contributed by atoms with Gasteiger partial charge in [-0.05, 0) is 24.5 Å². The second-order valence-electron chi connectivity index (χ2n) is 4.98. The van der Waals surface area contributed by atoms with Gasteiger partial charge in [-0.2, -0.15) is 0 Å². The third-order valence-electron chi connectivity index (χ3n) is 3.76. The third kappa shape index (κ3) is 2.95. The van der Waals surface area contributed by atoms with Gasteiger partial charge in [0.2, 0.25) is 0 Å². The molecule has 0 radical (unpaired) electrons. The van der Waals surface area contributed by atoms with Crippen LogP contribution >= 0.6 is 0 Å². The number of benzene rings is 1. The monoisotopic (exact) mass is 231 g/mol. The van der Waals surface area contributed by atoms with Crippen molar-refractivity contribution in [2.24, 2.45) is 5.92 Å². The average Bonchev–Trinajstić information content (AvgIpc) is 2.34. The van der Waals surface area contributed by atoms with Gasteiger partial charge in [0, 0.05) is 32.0 Å². The maximum absolute atomic E-state index is 11.7. The standard InChI is InChI=1S/C15H21NO/c1-3-13-10-16(9-8-15(13)17)11-14-7-5-4-6-12(14)2/h4-7,13H,3,8-11H2,1-2H3. The number of piperidine rings is 1. The van der Waals surface area contributed by atoms with Gasteiger partial charge in [-0.25, -0.2) is 0 Å². The van der Waals surface area contributed by atoms with E-state index in [2.05, 4.69) is 43.0 Å². The van der Waals surface area contributed by atoms with E-state index in [1.54, 1.807) is 0 Å². The molecule has 0 aliphatic carbocycles. The Balaban J connectivity index is 2.01. The van der Waals surface area contributed by atoms with E-state index in [4.69, 9.17) is 0 Å². The summed E-state index contributed by atoms with van der Waals surface area (Å²) in [6.07, 6.45) is 1.70. The van der Waals surface area contributed by atoms with Crippen LogP contribution in [0.3, 0.4) is 0 Å². The first kappa shape index (κ1) is 12.3. The second-order valence-corrected chi connectivity index (χ2v) is 4.98. The Hall–Kier alpha value is -1.15. The molecule has 1 saturated heterocycles. The highest BCUT2D eigenvalue weighted by Gasteiger charge is 2.25. The van der Waals surface area contributed by atoms with Crippen molar-refractivity contribution in [2.45, 2.75) is 33.2 Å². The molecular weight excluding hydrogens is 210 g/mol. The third-order valence-corrected chi connectivity index (χ3v) is 3.76. The summed E-state index contributed by atoms with van der Waals surface area (Å²) in [5.41, 5.74) is 2.73. The van der Waals surface area contributed by atoms with Crippen LogP contribution in [0, 0.1) is 12.8 Å². The van der Waals surface area contributed by atoms with Gasteiger partial charge >= 0.3 is 0 Å². The zero-order valence-electron chi connectivity index (χ0n) is 10.8. The smallest absolute Gasteiger partial charge is 0.138 e. The van der Waals surface area contributed by atoms with Crippen molar-refractivity contribution < 1.29 is 4.79 Å². The molecule has 2 nitrogen and oxygen atoms in total. The van der Waals surface area contributed by atoms with Gasteiger partial charge in [0.25, 0.3) is 0 Å². The molecule has 1 aromatic rings. The number of aryl methyl sites for hydroxylation is 1. The fourth-order valence-corrected chi connectivity index (χ4v) is 2.51. The number of likely N-dealkylation sites (tertiary alicyclic amines) is 1. The maximum atomic E-state index is 11.7. The molecule has 0 bridgehead atoms. The molecule has 1 atom stereocenters. The van der Waals surface area contributed by atoms with Crippen molar-refractivity contribution in [1.82, 2.24) is 4.90 Å². The van der Waals surface area contributed by atoms with Crippen LogP contribution in [-0.2, 0) is 11.3 Å². The zero-order chi connectivity index (χ0) is 12.3. The molecule has 0 spiro atoms. The SMILES string of the molecule is CCC1CN(Cc2ccccc2C)CCC1=O. The van der Waals surface area contributed by atoms with Crippen LogP contribution in [-0.4, -0.2) is 23.8 Å². The first-order chi connectivity index (χ1) is 8.20. The van der Waals surface area contributed by atoms with Gasteiger partial charge in [-0.15, -0.1) is 0 Å². The van der Waals surface area contributed by atoms with Crippen LogP contribution in [0.5, 0.6) is 0 Å². The first-order valence-corrected chi connectivity index (χ1v) is 6.50. The van der Waals surface area contributed by atoms with Gasteiger partial charge < -0.3 is 0 Å². The van der Waals surface area contributed by atoms with Crippen LogP contribution in [0.2, 0.25) is 0 Å². The zero-order valence-corrected chi connectivity index (χ0v) is 10.8. The lowest BCUT2D eigenvalue weighted by molar-refractivity contribution is -0.126. The number of hydrogen-bond acceptors (Lipinski definition) is 2. The highest BCUT2D eigenvalue weighted by atomic mass is 16.1. The first-order valence-electron chi connectivity index (χ1n) is 6.50. The molecule has 92 valence electrons. The lowest BCUT2D eigenvalue weighted by Crippen LogP contribution is -2.40. The summed E-state index contributed by atoms with van der Waals surface area (Å²) < 4.78 is 0. The van der Waals surface area contributed by atoms with E-state index >= 15 is 0 Å². The minimum atomic E-state index is 0.257. The van der Waals surface area contributed by atoms with Gasteiger partial charge in [0.15, 0.2) is 0 Å². The average molecular weight is 231 g/mol. The summed E-state index contributed by atoms with van der Waals surface area (Å²) in [5, 5.41) is 0. The summed E-state index contributed by atoms with van der Waals surface area (Å²) in [6, 6.07) is 8.51. The minimum absolute atomic E-state index is 0.257. The van der Waals surface area contributed by atoms with Crippen LogP contribution in [0.1, 0.15) is 30.9 Å². The molecule has 0 N–H and O–H groups in total. The minimum Gasteiger partial charge on any atom is -0.299 e. The molecule has 17 heavy (non-hydrogen) atoms. The van der Waals surface area contributed by atoms with Crippen molar-refractivity contribution in [3.8, 4) is 0 Å². The molecule has 1 heterocycles. The number of nitrogens with zero attached hydrogens (tertiary/aromatic N) is 1. The Kier molecular flexibility index (Phi) is 3.95. The predicted molar refractivity (Wildman–Crippen MR) is 69.9 cm³/mol. The van der Waals surface area contributed by atoms with E-state index < -0.39 is 0 Å². The van der Waals surface area contributed by atoms with Crippen LogP contribution in [0.15, 0.2) is 24.3 Å². The highest BCUT2D eigenvalue weighted by Crippen LogP contribution is 2.19. The van der Waals surface area contributed by atoms with E-state index in [1.807, 2.05) is 0 Å². The molecule has 1 aliphatic rings. The summed E-state index contributed by atoms with van der Waals surface area (Å²) in [4.78, 5) is 14.1. The van der Waals surface area contributed by atoms with E-state index in [0.29, 0.717) is 5.78 Å². The van der Waals surface area contributed by atoms with E-state index in [-0.39, 0.29) is 5.92 Å². The molecule has 0 saturated carbocycles. The summed E-state index contributed by atoms with van der Waals surface area (Å²) in [5.74, 6) is 0.710. The van der Waals surface area contributed by atoms with Gasteiger partial charge in [0.05, 0.1) is 0 Å². The number of carbonyl (C=O) groups excluding carboxylic acids is 1. The van der Waals surface area contributed by atoms with Crippen molar-refractivity contribution >= 4 is 5.78 Å². The Labute approximate surface area is 104 Å². The number of carbonyl (C=O) groups is 1. The fraction of sp³-hybridized carbons (Fsp3) is 0.533. The summed E-state index contributed by atoms with van der Waals surface area (Å²) in [6.45, 7) is 7.10. The van der Waals surface area contributed by atoms with Crippen molar-refractivity contribution in [1.29, 1.82) is 0 Å². The van der Waals surface area contributed by atoms with Gasteiger partial charge in [0.1, 0.15) is 5.78 Å². The summed E-state index contributed by atoms with van der Waals surface area (Å²) >= 11 is 0. The van der Waals surface area contributed by atoms with Crippen LogP contribution in [0.25, 0.3) is 0 Å². The second kappa shape index (κ2) is 5.46. The normalized spacial score (nSPS) is 21.8. The van der Waals surface area contributed by atoms with Crippen molar-refractivity contribution in [3.05, 3.63) is 35.4 Å². The number of ketones is 1. The number of hydrogen-bond donors (Lipinski definition) is 0. The molecule has 0 amide bonds. The number of Topliss-reactive ketones (excluding diaryl/α,β-unsaturated/α-hetero) is 1. The Morgan fingerprint density at radius 3 is 2.82 bits per heavy atom. The summed E-state index contributed by atoms with van der Waals surface area (Å²) in [7, 11) is 0. The lowest BCUT2D eigenvalue weighted by Gasteiger charge is -2.31. The van der Waals surface area contributed by atoms with Crippen molar-refractivity contribution in [2.75, 3.05) is 13.1 Å². The topological polar surface area (TPSA) is 20.3 Å². The van der Waals surface area contributed by atoms with Crippen LogP contribution in [0.4, 0.5) is 0 Å². The lowest BCUT2D eigenvalue weighted by atomic mass is 9.93. The van der Waals surface area contributed by atoms with Gasteiger partial charge in [-0.3, -0.25) is 9.69 Å². The Morgan fingerprint density at radius 1 is 1.35 bits per heavy atom. The predicted octanol–water partition coefficient (Wildman–Crippen LogP) is 2.80. The largest absolute Gasteiger partial charge is 0.299 e. The quantitative estimate of drug-likeness (QED) is 0.797. The Morgan fingerprint density at radius 2 is 2.12 bits per heavy atom. The van der Waals surface area contributed by atoms with Crippen molar-refractivity contribution in [3.63, 3.8) is 0 Å². The molecule has 1 unspecified atom stereocenters. The Bertz CT molecular complexity index is 400. The number of rotatable bonds is 3. The highest BCUT2D eigenvalue weighted by molar-refractivity contribution is 5.82. The van der Waals surface area contributed by atoms with E-state index in [0.717, 1.165) is 32.5 Å². The molecule has 1 fully saturated rings. The van der Waals surface area contributed by atoms with Gasteiger partial charge in [-0.1, -0.05) is 31.2 Å². The van der Waals surface area contributed by atoms with E-state index in [9.17, 15) is 4.79 Å². The maximum Gasteiger partial charge on any atom is 0.138 e. The molecule has 1 aliphatic heterocycles. The van der Waals surface area contributed by atoms with Crippen LogP contribution < -0.4 is 0 Å². The fourth-order valence-electron chi connectivity index (χ4n) is 2.51. The van der Waals surface area contributed by atoms with E-state index in [1.165, 1.54) is 11.1 Å². The molecule has 2 rings (SSSR count). The molecule has 0 aromatic heterocycles. The molecular formula is C15H21NO. The molecule has 2 heteroatoms.